The normalized spacial score (nSPS) is 21.5. The zero-order valence-corrected chi connectivity index (χ0v) is 12.8. The Hall–Kier alpha value is -2.02. The summed E-state index contributed by atoms with van der Waals surface area (Å²) in [6, 6.07) is 7.44. The number of carbonyl (C=O) groups is 2. The number of amides is 2. The van der Waals surface area contributed by atoms with E-state index >= 15 is 0 Å². The van der Waals surface area contributed by atoms with E-state index in [4.69, 9.17) is 0 Å². The first-order valence-electron chi connectivity index (χ1n) is 7.38. The summed E-state index contributed by atoms with van der Waals surface area (Å²) in [4.78, 5) is 30.8. The number of benzene rings is 1. The van der Waals surface area contributed by atoms with Gasteiger partial charge in [-0.05, 0) is 12.1 Å². The lowest BCUT2D eigenvalue weighted by molar-refractivity contribution is -0.126. The second-order valence-electron chi connectivity index (χ2n) is 5.49. The third-order valence-electron chi connectivity index (χ3n) is 4.08. The van der Waals surface area contributed by atoms with Crippen molar-refractivity contribution in [2.75, 3.05) is 23.0 Å². The van der Waals surface area contributed by atoms with E-state index in [1.165, 1.54) is 0 Å². The van der Waals surface area contributed by atoms with Crippen LogP contribution in [0.25, 0.3) is 11.0 Å². The fourth-order valence-electron chi connectivity index (χ4n) is 2.99. The van der Waals surface area contributed by atoms with Crippen molar-refractivity contribution in [3.05, 3.63) is 24.3 Å². The first-order chi connectivity index (χ1) is 10.7. The largest absolute Gasteiger partial charge is 0.343 e. The van der Waals surface area contributed by atoms with Crippen molar-refractivity contribution in [1.29, 1.82) is 0 Å². The number of anilines is 1. The van der Waals surface area contributed by atoms with Crippen LogP contribution in [0.15, 0.2) is 24.3 Å². The van der Waals surface area contributed by atoms with Crippen molar-refractivity contribution in [2.24, 2.45) is 0 Å². The van der Waals surface area contributed by atoms with Crippen LogP contribution in [0.3, 0.4) is 0 Å². The maximum Gasteiger partial charge on any atom is 0.252 e. The van der Waals surface area contributed by atoms with E-state index in [1.807, 2.05) is 24.3 Å². The predicted octanol–water partition coefficient (Wildman–Crippen LogP) is 1.00. The van der Waals surface area contributed by atoms with Crippen LogP contribution in [0.5, 0.6) is 0 Å². The molecule has 6 nitrogen and oxygen atoms in total. The highest BCUT2D eigenvalue weighted by molar-refractivity contribution is 7.99. The Morgan fingerprint density at radius 3 is 3.09 bits per heavy atom. The van der Waals surface area contributed by atoms with Gasteiger partial charge in [0.1, 0.15) is 6.04 Å². The minimum Gasteiger partial charge on any atom is -0.343 e. The van der Waals surface area contributed by atoms with Crippen molar-refractivity contribution in [3.8, 4) is 0 Å². The molecule has 4 rings (SSSR count). The smallest absolute Gasteiger partial charge is 0.252 e. The fraction of sp³-hybridized carbons (Fsp3) is 0.400. The van der Waals surface area contributed by atoms with Crippen molar-refractivity contribution in [3.63, 3.8) is 0 Å². The average molecular weight is 316 g/mol. The molecule has 1 atom stereocenters. The topological polar surface area (TPSA) is 67.2 Å². The number of thioether (sulfide) groups is 1. The number of carbonyl (C=O) groups excluding carboxylic acids is 2. The Morgan fingerprint density at radius 1 is 1.32 bits per heavy atom. The van der Waals surface area contributed by atoms with Gasteiger partial charge in [-0.1, -0.05) is 12.1 Å². The van der Waals surface area contributed by atoms with Gasteiger partial charge in [0.15, 0.2) is 0 Å². The first kappa shape index (κ1) is 13.6. The molecule has 0 aliphatic carbocycles. The molecule has 0 spiro atoms. The van der Waals surface area contributed by atoms with E-state index in [2.05, 4.69) is 14.9 Å². The lowest BCUT2D eigenvalue weighted by Gasteiger charge is -2.21. The summed E-state index contributed by atoms with van der Waals surface area (Å²) in [6.07, 6.45) is 0.479. The molecule has 0 unspecified atom stereocenters. The van der Waals surface area contributed by atoms with E-state index in [0.717, 1.165) is 23.3 Å². The summed E-state index contributed by atoms with van der Waals surface area (Å²) in [5.41, 5.74) is 1.95. The van der Waals surface area contributed by atoms with Gasteiger partial charge < -0.3 is 9.88 Å². The monoisotopic (exact) mass is 316 g/mol. The van der Waals surface area contributed by atoms with E-state index < -0.39 is 6.04 Å². The zero-order valence-electron chi connectivity index (χ0n) is 12.0. The number of rotatable bonds is 1. The summed E-state index contributed by atoms with van der Waals surface area (Å²) < 4.78 is 2.07. The summed E-state index contributed by atoms with van der Waals surface area (Å²) in [5.74, 6) is 1.98. The van der Waals surface area contributed by atoms with Gasteiger partial charge >= 0.3 is 0 Å². The Kier molecular flexibility index (Phi) is 3.29. The van der Waals surface area contributed by atoms with Crippen LogP contribution in [0.4, 0.5) is 5.95 Å². The van der Waals surface area contributed by atoms with Crippen LogP contribution in [0, 0.1) is 0 Å². The predicted molar refractivity (Wildman–Crippen MR) is 86.0 cm³/mol. The highest BCUT2D eigenvalue weighted by Gasteiger charge is 2.34. The van der Waals surface area contributed by atoms with Crippen molar-refractivity contribution in [2.45, 2.75) is 19.0 Å². The number of nitrogens with zero attached hydrogens (tertiary/aromatic N) is 3. The van der Waals surface area contributed by atoms with Gasteiger partial charge in [-0.3, -0.25) is 14.5 Å². The highest BCUT2D eigenvalue weighted by Crippen LogP contribution is 2.28. The third kappa shape index (κ3) is 2.16. The van der Waals surface area contributed by atoms with Crippen LogP contribution in [-0.4, -0.2) is 45.5 Å². The molecule has 1 saturated heterocycles. The summed E-state index contributed by atoms with van der Waals surface area (Å²) in [5, 5.41) is 2.83. The second kappa shape index (κ2) is 5.31. The lowest BCUT2D eigenvalue weighted by atomic mass is 10.2. The SMILES string of the molecule is O=C1CCSC[C@H](C(=O)N2CCn3c2nc2ccccc23)N1. The van der Waals surface area contributed by atoms with E-state index in [9.17, 15) is 9.59 Å². The number of hydrogen-bond donors (Lipinski definition) is 1. The van der Waals surface area contributed by atoms with Gasteiger partial charge in [0.05, 0.1) is 11.0 Å². The molecule has 114 valence electrons. The van der Waals surface area contributed by atoms with Gasteiger partial charge in [-0.25, -0.2) is 4.98 Å². The van der Waals surface area contributed by atoms with Crippen LogP contribution in [0.1, 0.15) is 6.42 Å². The van der Waals surface area contributed by atoms with E-state index in [-0.39, 0.29) is 11.8 Å². The molecule has 1 fully saturated rings. The van der Waals surface area contributed by atoms with Gasteiger partial charge in [0, 0.05) is 31.0 Å². The molecule has 0 bridgehead atoms. The van der Waals surface area contributed by atoms with Gasteiger partial charge in [0.2, 0.25) is 11.9 Å². The maximum atomic E-state index is 12.8. The van der Waals surface area contributed by atoms with Gasteiger partial charge in [-0.15, -0.1) is 0 Å². The summed E-state index contributed by atoms with van der Waals surface area (Å²) in [7, 11) is 0. The summed E-state index contributed by atoms with van der Waals surface area (Å²) in [6.45, 7) is 1.36. The Morgan fingerprint density at radius 2 is 2.18 bits per heavy atom. The van der Waals surface area contributed by atoms with Crippen molar-refractivity contribution >= 4 is 40.6 Å². The second-order valence-corrected chi connectivity index (χ2v) is 6.64. The van der Waals surface area contributed by atoms with E-state index in [1.54, 1.807) is 16.7 Å². The third-order valence-corrected chi connectivity index (χ3v) is 5.14. The molecule has 1 aromatic heterocycles. The molecular weight excluding hydrogens is 300 g/mol. The molecule has 2 amide bonds. The molecular formula is C15H16N4O2S. The van der Waals surface area contributed by atoms with Gasteiger partial charge in [-0.2, -0.15) is 11.8 Å². The fourth-order valence-corrected chi connectivity index (χ4v) is 3.95. The first-order valence-corrected chi connectivity index (χ1v) is 8.53. The number of imidazole rings is 1. The Bertz CT molecular complexity index is 757. The molecule has 2 aliphatic rings. The van der Waals surface area contributed by atoms with Crippen LogP contribution in [0.2, 0.25) is 0 Å². The Labute approximate surface area is 131 Å². The van der Waals surface area contributed by atoms with Crippen LogP contribution < -0.4 is 10.2 Å². The molecule has 0 radical (unpaired) electrons. The molecule has 0 saturated carbocycles. The maximum absolute atomic E-state index is 12.8. The van der Waals surface area contributed by atoms with Crippen molar-refractivity contribution < 1.29 is 9.59 Å². The molecule has 1 N–H and O–H groups in total. The molecule has 2 aromatic rings. The number of fused-ring (bicyclic) bond motifs is 3. The zero-order chi connectivity index (χ0) is 15.1. The number of nitrogens with one attached hydrogen (secondary N) is 1. The molecule has 3 heterocycles. The lowest BCUT2D eigenvalue weighted by Crippen LogP contribution is -2.49. The van der Waals surface area contributed by atoms with E-state index in [0.29, 0.717) is 24.7 Å². The molecule has 1 aromatic carbocycles. The average Bonchev–Trinajstić information content (AvgIpc) is 3.00. The van der Waals surface area contributed by atoms with Crippen LogP contribution >= 0.6 is 11.8 Å². The standard InChI is InChI=1S/C15H16N4O2S/c20-13-5-8-22-9-11(16-13)14(21)19-7-6-18-12-4-2-1-3-10(12)17-15(18)19/h1-4,11H,5-9H2,(H,16,20)/t11-/m1/s1. The minimum atomic E-state index is -0.452. The molecule has 22 heavy (non-hydrogen) atoms. The summed E-state index contributed by atoms with van der Waals surface area (Å²) >= 11 is 1.64. The minimum absolute atomic E-state index is 0.0453. The Balaban J connectivity index is 1.65. The number of aromatic nitrogens is 2. The number of para-hydroxylation sites is 2. The number of hydrogen-bond acceptors (Lipinski definition) is 4. The molecule has 7 heteroatoms. The quantitative estimate of drug-likeness (QED) is 0.852. The van der Waals surface area contributed by atoms with Crippen molar-refractivity contribution in [1.82, 2.24) is 14.9 Å². The van der Waals surface area contributed by atoms with Crippen LogP contribution in [-0.2, 0) is 16.1 Å². The molecule has 2 aliphatic heterocycles. The van der Waals surface area contributed by atoms with Gasteiger partial charge in [0.25, 0.3) is 5.91 Å². The highest BCUT2D eigenvalue weighted by atomic mass is 32.2.